The van der Waals surface area contributed by atoms with Crippen molar-refractivity contribution in [3.8, 4) is 11.5 Å². The van der Waals surface area contributed by atoms with Crippen molar-refractivity contribution < 1.29 is 38.1 Å². The summed E-state index contributed by atoms with van der Waals surface area (Å²) in [6, 6.07) is 37.6. The lowest BCUT2D eigenvalue weighted by Crippen LogP contribution is -2.18. The Morgan fingerprint density at radius 2 is 0.865 bits per heavy atom. The fourth-order valence-corrected chi connectivity index (χ4v) is 4.94. The molecule has 5 aromatic carbocycles. The average Bonchev–Trinajstić information content (AvgIpc) is 3.72. The van der Waals surface area contributed by atoms with E-state index in [2.05, 4.69) is 20.6 Å². The summed E-state index contributed by atoms with van der Waals surface area (Å²) < 4.78 is 21.3. The summed E-state index contributed by atoms with van der Waals surface area (Å²) in [5.74, 6) is -0.0855. The van der Waals surface area contributed by atoms with E-state index in [0.717, 1.165) is 0 Å². The minimum atomic E-state index is -0.727. The number of benzene rings is 5. The van der Waals surface area contributed by atoms with E-state index in [-0.39, 0.29) is 34.7 Å². The van der Waals surface area contributed by atoms with Crippen molar-refractivity contribution in [2.24, 2.45) is 9.98 Å². The van der Waals surface area contributed by atoms with Crippen molar-refractivity contribution in [3.05, 3.63) is 167 Å². The highest BCUT2D eigenvalue weighted by atomic mass is 16.6. The van der Waals surface area contributed by atoms with Crippen LogP contribution in [-0.2, 0) is 19.1 Å². The van der Waals surface area contributed by atoms with Gasteiger partial charge in [0.05, 0.1) is 0 Å². The molecule has 2 aliphatic rings. The second kappa shape index (κ2) is 14.9. The van der Waals surface area contributed by atoms with Gasteiger partial charge in [0.25, 0.3) is 0 Å². The van der Waals surface area contributed by atoms with Crippen LogP contribution in [0.3, 0.4) is 0 Å². The predicted molar refractivity (Wildman–Crippen MR) is 193 cm³/mol. The van der Waals surface area contributed by atoms with Gasteiger partial charge in [0, 0.05) is 22.5 Å². The highest BCUT2D eigenvalue weighted by Gasteiger charge is 2.25. The van der Waals surface area contributed by atoms with Gasteiger partial charge in [-0.3, -0.25) is 10.6 Å². The molecule has 2 N–H and O–H groups in total. The van der Waals surface area contributed by atoms with Gasteiger partial charge in [-0.1, -0.05) is 60.7 Å². The molecule has 254 valence electrons. The molecule has 0 atom stereocenters. The molecule has 0 unspecified atom stereocenters. The summed E-state index contributed by atoms with van der Waals surface area (Å²) in [5, 5.41) is 5.23. The third-order valence-corrected chi connectivity index (χ3v) is 7.45. The number of hydrogen-bond donors (Lipinski definition) is 2. The number of rotatable bonds is 8. The molecular formula is C40H26N4O8. The van der Waals surface area contributed by atoms with Gasteiger partial charge in [-0.2, -0.15) is 0 Å². The second-order valence-corrected chi connectivity index (χ2v) is 11.1. The first-order valence-corrected chi connectivity index (χ1v) is 15.8. The first-order chi connectivity index (χ1) is 25.3. The molecule has 2 aliphatic heterocycles. The Morgan fingerprint density at radius 1 is 0.500 bits per heavy atom. The lowest BCUT2D eigenvalue weighted by molar-refractivity contribution is -0.130. The van der Waals surface area contributed by atoms with Crippen LogP contribution in [0.25, 0.3) is 12.2 Å². The summed E-state index contributed by atoms with van der Waals surface area (Å²) in [6.07, 6.45) is 1.71. The molecule has 12 nitrogen and oxygen atoms in total. The number of cyclic esters (lactones) is 2. The molecular weight excluding hydrogens is 664 g/mol. The van der Waals surface area contributed by atoms with Crippen LogP contribution in [-0.4, -0.2) is 35.9 Å². The van der Waals surface area contributed by atoms with Crippen molar-refractivity contribution in [2.45, 2.75) is 0 Å². The highest BCUT2D eigenvalue weighted by molar-refractivity contribution is 6.13. The lowest BCUT2D eigenvalue weighted by atomic mass is 10.2. The van der Waals surface area contributed by atoms with Crippen LogP contribution in [0.2, 0.25) is 0 Å². The molecule has 0 saturated heterocycles. The van der Waals surface area contributed by atoms with Crippen LogP contribution in [0.5, 0.6) is 11.5 Å². The first-order valence-electron chi connectivity index (χ1n) is 15.8. The van der Waals surface area contributed by atoms with E-state index in [1.165, 1.54) is 0 Å². The molecule has 52 heavy (non-hydrogen) atoms. The molecule has 0 radical (unpaired) electrons. The third kappa shape index (κ3) is 8.15. The number of hydrogen-bond acceptors (Lipinski definition) is 10. The van der Waals surface area contributed by atoms with E-state index in [9.17, 15) is 19.2 Å². The SMILES string of the molecule is O=C(Nc1ccc(NC(=O)Oc2ccc(/C=C3\N=C(c4ccccc4)OC3=O)cc2)cc1)Oc1ccc(/C=C2\N=C(c3ccccc3)OC2=O)cc1. The molecule has 2 amide bonds. The number of nitrogens with one attached hydrogen (secondary N) is 2. The van der Waals surface area contributed by atoms with Crippen LogP contribution >= 0.6 is 0 Å². The summed E-state index contributed by atoms with van der Waals surface area (Å²) in [5.41, 5.74) is 3.87. The molecule has 7 rings (SSSR count). The minimum Gasteiger partial charge on any atom is -0.410 e. The van der Waals surface area contributed by atoms with Crippen molar-refractivity contribution >= 4 is 59.4 Å². The molecule has 0 aromatic heterocycles. The predicted octanol–water partition coefficient (Wildman–Crippen LogP) is 7.60. The largest absolute Gasteiger partial charge is 0.417 e. The molecule has 0 aliphatic carbocycles. The number of carbonyl (C=O) groups excluding carboxylic acids is 4. The number of aliphatic imine (C=N–C) groups is 2. The van der Waals surface area contributed by atoms with Gasteiger partial charge in [-0.15, -0.1) is 0 Å². The maximum Gasteiger partial charge on any atom is 0.417 e. The van der Waals surface area contributed by atoms with Crippen LogP contribution in [0.15, 0.2) is 155 Å². The van der Waals surface area contributed by atoms with Gasteiger partial charge in [0.1, 0.15) is 11.5 Å². The van der Waals surface area contributed by atoms with Crippen molar-refractivity contribution in [2.75, 3.05) is 10.6 Å². The molecule has 0 saturated carbocycles. The minimum absolute atomic E-state index is 0.156. The Balaban J connectivity index is 0.879. The molecule has 0 fully saturated rings. The summed E-state index contributed by atoms with van der Waals surface area (Å²) >= 11 is 0. The normalized spacial score (nSPS) is 15.0. The van der Waals surface area contributed by atoms with Crippen LogP contribution in [0.4, 0.5) is 21.0 Å². The fourth-order valence-electron chi connectivity index (χ4n) is 4.94. The van der Waals surface area contributed by atoms with E-state index in [1.807, 2.05) is 36.4 Å². The number of amides is 2. The zero-order valence-corrected chi connectivity index (χ0v) is 27.0. The molecule has 0 spiro atoms. The van der Waals surface area contributed by atoms with Gasteiger partial charge < -0.3 is 18.9 Å². The summed E-state index contributed by atoms with van der Waals surface area (Å²) in [4.78, 5) is 58.1. The molecule has 5 aromatic rings. The fraction of sp³-hybridized carbons (Fsp3) is 0. The van der Waals surface area contributed by atoms with E-state index in [1.54, 1.807) is 109 Å². The van der Waals surface area contributed by atoms with Crippen LogP contribution in [0, 0.1) is 0 Å². The quantitative estimate of drug-likeness (QED) is 0.125. The number of carbonyl (C=O) groups is 4. The Kier molecular flexibility index (Phi) is 9.42. The lowest BCUT2D eigenvalue weighted by Gasteiger charge is -2.09. The van der Waals surface area contributed by atoms with Gasteiger partial charge in [-0.05, 0) is 96.1 Å². The summed E-state index contributed by atoms with van der Waals surface area (Å²) in [7, 11) is 0. The number of nitrogens with zero attached hydrogens (tertiary/aromatic N) is 2. The number of anilines is 2. The maximum absolute atomic E-state index is 12.5. The standard InChI is InChI=1S/C40H26N4O8/c45-37-33(43-35(51-37)27-7-3-1-4-8-27)23-25-11-19-31(20-12-25)49-39(47)41-29-15-17-30(18-16-29)42-40(48)50-32-21-13-26(14-22-32)24-34-38(46)52-36(44-34)28-9-5-2-6-10-28/h1-24H,(H,41,47)(H,42,48)/b33-23-,34-24-. The second-order valence-electron chi connectivity index (χ2n) is 11.1. The highest BCUT2D eigenvalue weighted by Crippen LogP contribution is 2.23. The van der Waals surface area contributed by atoms with Gasteiger partial charge in [0.2, 0.25) is 11.8 Å². The topological polar surface area (TPSA) is 154 Å². The zero-order valence-electron chi connectivity index (χ0n) is 27.0. The maximum atomic E-state index is 12.5. The Hall–Kier alpha value is -7.60. The van der Waals surface area contributed by atoms with Gasteiger partial charge in [-0.25, -0.2) is 29.2 Å². The van der Waals surface area contributed by atoms with E-state index in [0.29, 0.717) is 33.6 Å². The van der Waals surface area contributed by atoms with Crippen LogP contribution in [0.1, 0.15) is 22.3 Å². The van der Waals surface area contributed by atoms with Crippen molar-refractivity contribution in [1.82, 2.24) is 0 Å². The van der Waals surface area contributed by atoms with Crippen molar-refractivity contribution in [3.63, 3.8) is 0 Å². The van der Waals surface area contributed by atoms with E-state index < -0.39 is 24.1 Å². The Bertz CT molecular complexity index is 2120. The molecule has 12 heteroatoms. The average molecular weight is 691 g/mol. The van der Waals surface area contributed by atoms with Crippen LogP contribution < -0.4 is 20.1 Å². The Labute approximate surface area is 296 Å². The smallest absolute Gasteiger partial charge is 0.410 e. The monoisotopic (exact) mass is 690 g/mol. The van der Waals surface area contributed by atoms with Crippen molar-refractivity contribution in [1.29, 1.82) is 0 Å². The van der Waals surface area contributed by atoms with Gasteiger partial charge >= 0.3 is 24.1 Å². The summed E-state index contributed by atoms with van der Waals surface area (Å²) in [6.45, 7) is 0. The molecule has 0 bridgehead atoms. The first kappa shape index (κ1) is 32.9. The van der Waals surface area contributed by atoms with E-state index in [4.69, 9.17) is 18.9 Å². The zero-order chi connectivity index (χ0) is 35.9. The van der Waals surface area contributed by atoms with E-state index >= 15 is 0 Å². The van der Waals surface area contributed by atoms with Gasteiger partial charge in [0.15, 0.2) is 11.4 Å². The number of esters is 2. The molecule has 2 heterocycles. The Morgan fingerprint density at radius 3 is 1.23 bits per heavy atom. The third-order valence-electron chi connectivity index (χ3n) is 7.45. The number of ether oxygens (including phenoxy) is 4.